The van der Waals surface area contributed by atoms with Crippen molar-refractivity contribution in [3.05, 3.63) is 64.7 Å². The van der Waals surface area contributed by atoms with Gasteiger partial charge in [0.2, 0.25) is 0 Å². The van der Waals surface area contributed by atoms with E-state index in [1.807, 2.05) is 12.1 Å². The molecule has 1 N–H and O–H groups in total. The van der Waals surface area contributed by atoms with Crippen molar-refractivity contribution in [2.45, 2.75) is 12.7 Å². The molecule has 2 aromatic carbocycles. The molecule has 0 heterocycles. The second-order valence-electron chi connectivity index (χ2n) is 4.53. The molecule has 0 bridgehead atoms. The van der Waals surface area contributed by atoms with Gasteiger partial charge >= 0.3 is 6.18 Å². The summed E-state index contributed by atoms with van der Waals surface area (Å²) in [6.45, 7) is 0.156. The molecule has 0 aliphatic heterocycles. The van der Waals surface area contributed by atoms with Crippen molar-refractivity contribution < 1.29 is 13.2 Å². The Labute approximate surface area is 125 Å². The number of alkyl halides is 3. The number of nitriles is 2. The van der Waals surface area contributed by atoms with Gasteiger partial charge in [0.25, 0.3) is 0 Å². The standard InChI is InChI=1S/C16H10F3N3/c17-16(18,19)14-6-5-13(9-21)7-15(14)22-10-12-3-1-11(8-20)2-4-12/h1-7,22H,10H2. The molecule has 0 unspecified atom stereocenters. The fraction of sp³-hybridized carbons (Fsp3) is 0.125. The summed E-state index contributed by atoms with van der Waals surface area (Å²) in [6, 6.07) is 13.5. The van der Waals surface area contributed by atoms with Crippen LogP contribution in [0.1, 0.15) is 22.3 Å². The van der Waals surface area contributed by atoms with E-state index < -0.39 is 11.7 Å². The Hall–Kier alpha value is -2.99. The maximum Gasteiger partial charge on any atom is 0.418 e. The maximum atomic E-state index is 12.9. The van der Waals surface area contributed by atoms with Crippen LogP contribution in [0.4, 0.5) is 18.9 Å². The summed E-state index contributed by atoms with van der Waals surface area (Å²) in [5.41, 5.74) is 0.395. The van der Waals surface area contributed by atoms with Gasteiger partial charge in [0.05, 0.1) is 28.8 Å². The van der Waals surface area contributed by atoms with Gasteiger partial charge in [-0.25, -0.2) is 0 Å². The number of nitrogens with one attached hydrogen (secondary N) is 1. The molecule has 3 nitrogen and oxygen atoms in total. The summed E-state index contributed by atoms with van der Waals surface area (Å²) in [6.07, 6.45) is -4.50. The summed E-state index contributed by atoms with van der Waals surface area (Å²) in [4.78, 5) is 0. The quantitative estimate of drug-likeness (QED) is 0.930. The summed E-state index contributed by atoms with van der Waals surface area (Å²) in [5.74, 6) is 0. The van der Waals surface area contributed by atoms with Gasteiger partial charge < -0.3 is 5.32 Å². The smallest absolute Gasteiger partial charge is 0.380 e. The third kappa shape index (κ3) is 3.56. The monoisotopic (exact) mass is 301 g/mol. The summed E-state index contributed by atoms with van der Waals surface area (Å²) in [5, 5.41) is 20.2. The van der Waals surface area contributed by atoms with Crippen LogP contribution in [0.15, 0.2) is 42.5 Å². The predicted octanol–water partition coefficient (Wildman–Crippen LogP) is 4.06. The van der Waals surface area contributed by atoms with Gasteiger partial charge in [0.1, 0.15) is 0 Å². The van der Waals surface area contributed by atoms with Crippen LogP contribution in [-0.2, 0) is 12.7 Å². The van der Waals surface area contributed by atoms with E-state index in [9.17, 15) is 13.2 Å². The predicted molar refractivity (Wildman–Crippen MR) is 74.6 cm³/mol. The summed E-state index contributed by atoms with van der Waals surface area (Å²) >= 11 is 0. The lowest BCUT2D eigenvalue weighted by Gasteiger charge is -2.15. The second-order valence-corrected chi connectivity index (χ2v) is 4.53. The number of anilines is 1. The van der Waals surface area contributed by atoms with Gasteiger partial charge in [-0.2, -0.15) is 23.7 Å². The van der Waals surface area contributed by atoms with Gasteiger partial charge in [0.15, 0.2) is 0 Å². The zero-order valence-corrected chi connectivity index (χ0v) is 11.3. The van der Waals surface area contributed by atoms with Gasteiger partial charge in [-0.1, -0.05) is 12.1 Å². The van der Waals surface area contributed by atoms with E-state index in [1.54, 1.807) is 24.3 Å². The first kappa shape index (κ1) is 15.4. The minimum atomic E-state index is -4.50. The average Bonchev–Trinajstić information content (AvgIpc) is 2.52. The van der Waals surface area contributed by atoms with E-state index in [4.69, 9.17) is 10.5 Å². The van der Waals surface area contributed by atoms with Crippen molar-refractivity contribution in [1.29, 1.82) is 10.5 Å². The molecule has 0 amide bonds. The SMILES string of the molecule is N#Cc1ccc(CNc2cc(C#N)ccc2C(F)(F)F)cc1. The molecule has 0 fully saturated rings. The summed E-state index contributed by atoms with van der Waals surface area (Å²) in [7, 11) is 0. The third-order valence-corrected chi connectivity index (χ3v) is 3.02. The first-order chi connectivity index (χ1) is 10.4. The van der Waals surface area contributed by atoms with Crippen LogP contribution in [-0.4, -0.2) is 0 Å². The average molecular weight is 301 g/mol. The van der Waals surface area contributed by atoms with Crippen molar-refractivity contribution in [3.8, 4) is 12.1 Å². The van der Waals surface area contributed by atoms with Gasteiger partial charge in [-0.05, 0) is 35.9 Å². The highest BCUT2D eigenvalue weighted by Gasteiger charge is 2.33. The van der Waals surface area contributed by atoms with Crippen LogP contribution in [0.2, 0.25) is 0 Å². The zero-order valence-electron chi connectivity index (χ0n) is 11.3. The first-order valence-corrected chi connectivity index (χ1v) is 6.28. The van der Waals surface area contributed by atoms with Gasteiger partial charge in [-0.15, -0.1) is 0 Å². The molecule has 2 aromatic rings. The van der Waals surface area contributed by atoms with E-state index in [2.05, 4.69) is 5.32 Å². The molecule has 6 heteroatoms. The lowest BCUT2D eigenvalue weighted by molar-refractivity contribution is -0.137. The highest BCUT2D eigenvalue weighted by molar-refractivity contribution is 5.57. The van der Waals surface area contributed by atoms with E-state index in [1.165, 1.54) is 6.07 Å². The van der Waals surface area contributed by atoms with Crippen molar-refractivity contribution >= 4 is 5.69 Å². The molecule has 22 heavy (non-hydrogen) atoms. The van der Waals surface area contributed by atoms with E-state index in [0.29, 0.717) is 5.56 Å². The van der Waals surface area contributed by atoms with E-state index in [-0.39, 0.29) is 17.8 Å². The molecule has 0 atom stereocenters. The summed E-state index contributed by atoms with van der Waals surface area (Å²) < 4.78 is 38.8. The molecular formula is C16H10F3N3. The fourth-order valence-corrected chi connectivity index (χ4v) is 1.90. The third-order valence-electron chi connectivity index (χ3n) is 3.02. The molecule has 0 aliphatic carbocycles. The van der Waals surface area contributed by atoms with Crippen LogP contribution in [0.3, 0.4) is 0 Å². The van der Waals surface area contributed by atoms with Crippen molar-refractivity contribution in [2.75, 3.05) is 5.32 Å². The lowest BCUT2D eigenvalue weighted by atomic mass is 10.1. The van der Waals surface area contributed by atoms with Crippen LogP contribution in [0, 0.1) is 22.7 Å². The first-order valence-electron chi connectivity index (χ1n) is 6.28. The van der Waals surface area contributed by atoms with E-state index in [0.717, 1.165) is 17.7 Å². The molecule has 0 spiro atoms. The van der Waals surface area contributed by atoms with Crippen LogP contribution >= 0.6 is 0 Å². The molecular weight excluding hydrogens is 291 g/mol. The normalized spacial score (nSPS) is 10.6. The second kappa shape index (κ2) is 6.19. The van der Waals surface area contributed by atoms with E-state index >= 15 is 0 Å². The lowest BCUT2D eigenvalue weighted by Crippen LogP contribution is -2.11. The van der Waals surface area contributed by atoms with Crippen molar-refractivity contribution in [1.82, 2.24) is 0 Å². The van der Waals surface area contributed by atoms with Crippen LogP contribution in [0.25, 0.3) is 0 Å². The van der Waals surface area contributed by atoms with Crippen molar-refractivity contribution in [3.63, 3.8) is 0 Å². The zero-order chi connectivity index (χ0) is 16.2. The maximum absolute atomic E-state index is 12.9. The number of hydrogen-bond donors (Lipinski definition) is 1. The molecule has 110 valence electrons. The molecule has 0 aromatic heterocycles. The Morgan fingerprint density at radius 1 is 0.909 bits per heavy atom. The van der Waals surface area contributed by atoms with Crippen molar-refractivity contribution in [2.24, 2.45) is 0 Å². The fourth-order valence-electron chi connectivity index (χ4n) is 1.90. The Bertz CT molecular complexity index is 750. The van der Waals surface area contributed by atoms with Crippen LogP contribution < -0.4 is 5.32 Å². The van der Waals surface area contributed by atoms with Gasteiger partial charge in [-0.3, -0.25) is 0 Å². The molecule has 0 saturated carbocycles. The Morgan fingerprint density at radius 3 is 2.05 bits per heavy atom. The minimum absolute atomic E-state index is 0.143. The van der Waals surface area contributed by atoms with Crippen LogP contribution in [0.5, 0.6) is 0 Å². The highest BCUT2D eigenvalue weighted by Crippen LogP contribution is 2.35. The number of halogens is 3. The minimum Gasteiger partial charge on any atom is -0.380 e. The number of benzene rings is 2. The van der Waals surface area contributed by atoms with Gasteiger partial charge in [0, 0.05) is 12.2 Å². The number of rotatable bonds is 3. The number of hydrogen-bond acceptors (Lipinski definition) is 3. The molecule has 0 saturated heterocycles. The highest BCUT2D eigenvalue weighted by atomic mass is 19.4. The topological polar surface area (TPSA) is 59.6 Å². The number of nitrogens with zero attached hydrogens (tertiary/aromatic N) is 2. The molecule has 0 radical (unpaired) electrons. The Balaban J connectivity index is 2.24. The Kier molecular flexibility index (Phi) is 4.33. The Morgan fingerprint density at radius 2 is 1.50 bits per heavy atom. The molecule has 2 rings (SSSR count). The largest absolute Gasteiger partial charge is 0.418 e. The molecule has 0 aliphatic rings.